The van der Waals surface area contributed by atoms with Gasteiger partial charge in [0.2, 0.25) is 6.54 Å². The van der Waals surface area contributed by atoms with Gasteiger partial charge >= 0.3 is 0 Å². The molecule has 2 N–H and O–H groups in total. The number of hydrogen-bond donors (Lipinski definition) is 1. The smallest absolute Gasteiger partial charge is 0.288 e. The average Bonchev–Trinajstić information content (AvgIpc) is 2.68. The van der Waals surface area contributed by atoms with Crippen molar-refractivity contribution in [3.8, 4) is 0 Å². The summed E-state index contributed by atoms with van der Waals surface area (Å²) in [6.07, 6.45) is 7.97. The van der Waals surface area contributed by atoms with Crippen molar-refractivity contribution < 1.29 is 26.6 Å². The Morgan fingerprint density at radius 3 is 2.45 bits per heavy atom. The largest absolute Gasteiger partial charge is 1.00 e. The number of amides is 2. The highest BCUT2D eigenvalue weighted by atomic mass is 35.5. The predicted octanol–water partition coefficient (Wildman–Crippen LogP) is -2.52. The van der Waals surface area contributed by atoms with E-state index in [1.165, 1.54) is 12.8 Å². The Hall–Kier alpha value is -1.62. The Labute approximate surface area is 125 Å². The summed E-state index contributed by atoms with van der Waals surface area (Å²) in [5.74, 6) is -0.370. The fraction of sp³-hybridized carbons (Fsp3) is 0.500. The number of primary amides is 1. The van der Waals surface area contributed by atoms with Crippen molar-refractivity contribution in [3.05, 3.63) is 30.1 Å². The number of carbonyl (C=O) groups excluding carboxylic acids is 2. The lowest BCUT2D eigenvalue weighted by molar-refractivity contribution is -0.685. The summed E-state index contributed by atoms with van der Waals surface area (Å²) in [6.45, 7) is 1.95. The number of likely N-dealkylation sites (tertiary alicyclic amines) is 1. The van der Waals surface area contributed by atoms with Crippen molar-refractivity contribution in [2.75, 3.05) is 13.1 Å². The van der Waals surface area contributed by atoms with Gasteiger partial charge in [0.25, 0.3) is 11.8 Å². The molecule has 2 amide bonds. The molecule has 0 unspecified atom stereocenters. The molecule has 110 valence electrons. The first-order valence-corrected chi connectivity index (χ1v) is 6.73. The fourth-order valence-corrected chi connectivity index (χ4v) is 2.34. The molecule has 0 aliphatic carbocycles. The van der Waals surface area contributed by atoms with Gasteiger partial charge in [0.05, 0.1) is 0 Å². The molecule has 1 fully saturated rings. The minimum atomic E-state index is -0.475. The van der Waals surface area contributed by atoms with Gasteiger partial charge in [-0.15, -0.1) is 0 Å². The number of nitrogens with two attached hydrogens (primary N) is 1. The van der Waals surface area contributed by atoms with E-state index in [0.29, 0.717) is 5.56 Å². The van der Waals surface area contributed by atoms with E-state index in [1.807, 2.05) is 4.90 Å². The minimum Gasteiger partial charge on any atom is -1.00 e. The maximum atomic E-state index is 12.2. The topological polar surface area (TPSA) is 67.3 Å². The van der Waals surface area contributed by atoms with Gasteiger partial charge in [-0.3, -0.25) is 9.59 Å². The molecule has 2 heterocycles. The van der Waals surface area contributed by atoms with Crippen molar-refractivity contribution in [1.82, 2.24) is 4.90 Å². The number of pyridine rings is 1. The summed E-state index contributed by atoms with van der Waals surface area (Å²) >= 11 is 0. The van der Waals surface area contributed by atoms with Crippen LogP contribution in [0.1, 0.15) is 36.0 Å². The molecule has 6 heteroatoms. The van der Waals surface area contributed by atoms with E-state index in [4.69, 9.17) is 5.73 Å². The summed E-state index contributed by atoms with van der Waals surface area (Å²) in [5, 5.41) is 0. The maximum absolute atomic E-state index is 12.2. The van der Waals surface area contributed by atoms with Gasteiger partial charge in [0.1, 0.15) is 5.56 Å². The van der Waals surface area contributed by atoms with Crippen molar-refractivity contribution >= 4 is 11.8 Å². The molecule has 20 heavy (non-hydrogen) atoms. The number of halogens is 1. The Morgan fingerprint density at radius 1 is 1.20 bits per heavy atom. The number of aromatic nitrogens is 1. The fourth-order valence-electron chi connectivity index (χ4n) is 2.34. The van der Waals surface area contributed by atoms with Gasteiger partial charge in [0.15, 0.2) is 12.4 Å². The van der Waals surface area contributed by atoms with Gasteiger partial charge in [-0.05, 0) is 18.9 Å². The van der Waals surface area contributed by atoms with E-state index >= 15 is 0 Å². The first-order chi connectivity index (χ1) is 9.16. The number of hydrogen-bond acceptors (Lipinski definition) is 2. The van der Waals surface area contributed by atoms with Gasteiger partial charge < -0.3 is 23.0 Å². The minimum absolute atomic E-state index is 0. The summed E-state index contributed by atoms with van der Waals surface area (Å²) < 4.78 is 1.72. The zero-order valence-corrected chi connectivity index (χ0v) is 12.2. The van der Waals surface area contributed by atoms with E-state index in [-0.39, 0.29) is 24.9 Å². The number of carbonyl (C=O) groups is 2. The van der Waals surface area contributed by atoms with Crippen LogP contribution in [0, 0.1) is 0 Å². The van der Waals surface area contributed by atoms with E-state index in [1.54, 1.807) is 29.1 Å². The molecule has 0 atom stereocenters. The standard InChI is InChI=1S/C14H19N3O2.ClH/c15-14(19)12-6-5-7-16(10-12)11-13(18)17-8-3-1-2-4-9-17;/h5-7,10H,1-4,8-9,11H2,(H-,15,19);1H. The quantitative estimate of drug-likeness (QED) is 0.626. The van der Waals surface area contributed by atoms with Gasteiger partial charge in [0, 0.05) is 19.2 Å². The molecular formula is C14H20ClN3O2. The molecule has 1 saturated heterocycles. The molecule has 1 aliphatic heterocycles. The molecule has 0 saturated carbocycles. The molecule has 0 spiro atoms. The third-order valence-electron chi connectivity index (χ3n) is 3.42. The Morgan fingerprint density at radius 2 is 1.85 bits per heavy atom. The van der Waals surface area contributed by atoms with Gasteiger partial charge in [-0.25, -0.2) is 0 Å². The molecule has 2 rings (SSSR count). The molecule has 0 bridgehead atoms. The zero-order chi connectivity index (χ0) is 13.7. The normalized spacial score (nSPS) is 15.1. The van der Waals surface area contributed by atoms with Crippen LogP contribution >= 0.6 is 0 Å². The van der Waals surface area contributed by atoms with Crippen LogP contribution < -0.4 is 22.7 Å². The second kappa shape index (κ2) is 7.85. The van der Waals surface area contributed by atoms with Crippen molar-refractivity contribution in [1.29, 1.82) is 0 Å². The molecule has 1 aromatic rings. The third-order valence-corrected chi connectivity index (χ3v) is 3.42. The van der Waals surface area contributed by atoms with Crippen LogP contribution in [0.5, 0.6) is 0 Å². The van der Waals surface area contributed by atoms with Gasteiger partial charge in [-0.1, -0.05) is 12.8 Å². The SMILES string of the molecule is NC(=O)c1ccc[n+](CC(=O)N2CCCCCC2)c1.[Cl-]. The van der Waals surface area contributed by atoms with Crippen LogP contribution in [-0.2, 0) is 11.3 Å². The van der Waals surface area contributed by atoms with E-state index in [0.717, 1.165) is 25.9 Å². The maximum Gasteiger partial charge on any atom is 0.288 e. The summed E-state index contributed by atoms with van der Waals surface area (Å²) in [7, 11) is 0. The average molecular weight is 298 g/mol. The molecular weight excluding hydrogens is 278 g/mol. The second-order valence-electron chi connectivity index (χ2n) is 4.92. The Bertz CT molecular complexity index is 471. The second-order valence-corrected chi connectivity index (χ2v) is 4.92. The monoisotopic (exact) mass is 297 g/mol. The molecule has 1 aliphatic rings. The Balaban J connectivity index is 0.00000200. The first-order valence-electron chi connectivity index (χ1n) is 6.73. The van der Waals surface area contributed by atoms with E-state index in [2.05, 4.69) is 0 Å². The third kappa shape index (κ3) is 4.49. The molecule has 1 aromatic heterocycles. The van der Waals surface area contributed by atoms with E-state index in [9.17, 15) is 9.59 Å². The van der Waals surface area contributed by atoms with Crippen LogP contribution in [0.15, 0.2) is 24.5 Å². The molecule has 0 aromatic carbocycles. The van der Waals surface area contributed by atoms with Gasteiger partial charge in [-0.2, -0.15) is 4.57 Å². The van der Waals surface area contributed by atoms with Crippen LogP contribution in [0.3, 0.4) is 0 Å². The lowest BCUT2D eigenvalue weighted by Crippen LogP contribution is -3.00. The van der Waals surface area contributed by atoms with Crippen LogP contribution in [0.25, 0.3) is 0 Å². The highest BCUT2D eigenvalue weighted by molar-refractivity contribution is 5.92. The van der Waals surface area contributed by atoms with Crippen molar-refractivity contribution in [2.45, 2.75) is 32.2 Å². The number of rotatable bonds is 3. The highest BCUT2D eigenvalue weighted by Gasteiger charge is 2.19. The van der Waals surface area contributed by atoms with Crippen molar-refractivity contribution in [3.63, 3.8) is 0 Å². The Kier molecular flexibility index (Phi) is 6.45. The van der Waals surface area contributed by atoms with Crippen LogP contribution in [0.2, 0.25) is 0 Å². The highest BCUT2D eigenvalue weighted by Crippen LogP contribution is 2.09. The predicted molar refractivity (Wildman–Crippen MR) is 70.2 cm³/mol. The summed E-state index contributed by atoms with van der Waals surface area (Å²) in [6, 6.07) is 3.38. The zero-order valence-electron chi connectivity index (χ0n) is 11.4. The van der Waals surface area contributed by atoms with E-state index < -0.39 is 5.91 Å². The summed E-state index contributed by atoms with van der Waals surface area (Å²) in [4.78, 5) is 25.2. The van der Waals surface area contributed by atoms with Crippen molar-refractivity contribution in [2.24, 2.45) is 5.73 Å². The summed E-state index contributed by atoms with van der Waals surface area (Å²) in [5.41, 5.74) is 5.65. The molecule has 0 radical (unpaired) electrons. The van der Waals surface area contributed by atoms with Crippen LogP contribution in [0.4, 0.5) is 0 Å². The lowest BCUT2D eigenvalue weighted by Gasteiger charge is -2.18. The van der Waals surface area contributed by atoms with Crippen LogP contribution in [-0.4, -0.2) is 29.8 Å². The lowest BCUT2D eigenvalue weighted by atomic mass is 10.2. The molecule has 5 nitrogen and oxygen atoms in total. The first kappa shape index (κ1) is 16.4. The number of nitrogens with zero attached hydrogens (tertiary/aromatic N) is 2.